The summed E-state index contributed by atoms with van der Waals surface area (Å²) in [6, 6.07) is 5.89. The van der Waals surface area contributed by atoms with Crippen molar-refractivity contribution in [3.8, 4) is 0 Å². The Kier molecular flexibility index (Phi) is 2.95. The quantitative estimate of drug-likeness (QED) is 0.596. The Morgan fingerprint density at radius 1 is 1.47 bits per heavy atom. The maximum atomic E-state index is 11.5. The lowest BCUT2D eigenvalue weighted by atomic mass is 10.2. The molecular weight excluding hydrogens is 224 g/mol. The molecule has 0 saturated carbocycles. The van der Waals surface area contributed by atoms with E-state index in [2.05, 4.69) is 0 Å². The van der Waals surface area contributed by atoms with Gasteiger partial charge in [0.15, 0.2) is 0 Å². The van der Waals surface area contributed by atoms with Gasteiger partial charge in [-0.2, -0.15) is 0 Å². The molecule has 0 radical (unpaired) electrons. The number of nitrogens with zero attached hydrogens (tertiary/aromatic N) is 2. The molecule has 1 heterocycles. The van der Waals surface area contributed by atoms with Crippen LogP contribution in [0.4, 0.5) is 16.2 Å². The van der Waals surface area contributed by atoms with Crippen LogP contribution >= 0.6 is 0 Å². The fourth-order valence-corrected chi connectivity index (χ4v) is 1.81. The van der Waals surface area contributed by atoms with E-state index in [4.69, 9.17) is 4.74 Å². The highest BCUT2D eigenvalue weighted by molar-refractivity contribution is 5.90. The molecule has 1 aromatic carbocycles. The zero-order valence-corrected chi connectivity index (χ0v) is 9.33. The van der Waals surface area contributed by atoms with Crippen molar-refractivity contribution in [2.24, 2.45) is 0 Å². The van der Waals surface area contributed by atoms with Gasteiger partial charge in [0.25, 0.3) is 5.69 Å². The van der Waals surface area contributed by atoms with Crippen LogP contribution in [0.1, 0.15) is 13.3 Å². The number of anilines is 1. The lowest BCUT2D eigenvalue weighted by Crippen LogP contribution is -2.32. The number of carbonyl (C=O) groups is 1. The molecule has 2 rings (SSSR count). The Hall–Kier alpha value is -2.11. The monoisotopic (exact) mass is 236 g/mol. The number of cyclic esters (lactones) is 1. The second-order valence-corrected chi connectivity index (χ2v) is 3.78. The third-order valence-electron chi connectivity index (χ3n) is 2.77. The normalized spacial score (nSPS) is 19.2. The third-order valence-corrected chi connectivity index (χ3v) is 2.77. The molecule has 90 valence electrons. The van der Waals surface area contributed by atoms with Crippen molar-refractivity contribution in [1.29, 1.82) is 0 Å². The lowest BCUT2D eigenvalue weighted by Gasteiger charge is -2.19. The molecule has 0 aromatic heterocycles. The molecule has 1 aromatic rings. The number of nitro benzene ring substituents is 1. The number of benzene rings is 1. The molecule has 1 saturated heterocycles. The Morgan fingerprint density at radius 2 is 2.12 bits per heavy atom. The van der Waals surface area contributed by atoms with E-state index >= 15 is 0 Å². The van der Waals surface area contributed by atoms with Crippen LogP contribution in [0, 0.1) is 10.1 Å². The number of carbonyl (C=O) groups excluding carboxylic acids is 1. The van der Waals surface area contributed by atoms with Crippen molar-refractivity contribution in [3.63, 3.8) is 0 Å². The Labute approximate surface area is 97.9 Å². The van der Waals surface area contributed by atoms with E-state index < -0.39 is 11.0 Å². The molecule has 0 N–H and O–H groups in total. The molecule has 0 spiro atoms. The second kappa shape index (κ2) is 4.40. The molecule has 1 aliphatic heterocycles. The van der Waals surface area contributed by atoms with Crippen molar-refractivity contribution in [2.75, 3.05) is 11.5 Å². The van der Waals surface area contributed by atoms with Crippen molar-refractivity contribution in [2.45, 2.75) is 19.4 Å². The first-order valence-electron chi connectivity index (χ1n) is 5.34. The van der Waals surface area contributed by atoms with Crippen molar-refractivity contribution < 1.29 is 14.5 Å². The minimum absolute atomic E-state index is 0.00366. The van der Waals surface area contributed by atoms with Crippen molar-refractivity contribution in [3.05, 3.63) is 34.4 Å². The van der Waals surface area contributed by atoms with Gasteiger partial charge in [0.2, 0.25) is 0 Å². The fourth-order valence-electron chi connectivity index (χ4n) is 1.81. The van der Waals surface area contributed by atoms with Gasteiger partial charge < -0.3 is 4.74 Å². The highest BCUT2D eigenvalue weighted by atomic mass is 16.6. The van der Waals surface area contributed by atoms with Gasteiger partial charge in [-0.3, -0.25) is 15.0 Å². The Bertz CT molecular complexity index is 443. The van der Waals surface area contributed by atoms with Gasteiger partial charge in [0.1, 0.15) is 6.61 Å². The van der Waals surface area contributed by atoms with Gasteiger partial charge in [0, 0.05) is 17.8 Å². The predicted molar refractivity (Wildman–Crippen MR) is 61.0 cm³/mol. The van der Waals surface area contributed by atoms with Crippen LogP contribution in [0.15, 0.2) is 24.3 Å². The van der Waals surface area contributed by atoms with Crippen LogP contribution in [0.2, 0.25) is 0 Å². The van der Waals surface area contributed by atoms with Gasteiger partial charge in [0.05, 0.1) is 11.0 Å². The molecule has 17 heavy (non-hydrogen) atoms. The van der Waals surface area contributed by atoms with Gasteiger partial charge in [-0.15, -0.1) is 0 Å². The molecule has 6 heteroatoms. The van der Waals surface area contributed by atoms with E-state index in [1.807, 2.05) is 6.92 Å². The first-order chi connectivity index (χ1) is 8.13. The van der Waals surface area contributed by atoms with E-state index in [0.717, 1.165) is 6.42 Å². The molecule has 1 atom stereocenters. The first kappa shape index (κ1) is 11.4. The average Bonchev–Trinajstić information content (AvgIpc) is 2.70. The topological polar surface area (TPSA) is 72.7 Å². The number of nitro groups is 1. The minimum atomic E-state index is -0.469. The Morgan fingerprint density at radius 3 is 2.65 bits per heavy atom. The molecule has 1 fully saturated rings. The number of hydrogen-bond donors (Lipinski definition) is 0. The van der Waals surface area contributed by atoms with E-state index in [1.54, 1.807) is 12.1 Å². The third kappa shape index (κ3) is 2.06. The van der Waals surface area contributed by atoms with Crippen LogP contribution in [-0.2, 0) is 4.74 Å². The molecule has 1 aliphatic rings. The zero-order chi connectivity index (χ0) is 12.4. The van der Waals surface area contributed by atoms with Crippen molar-refractivity contribution in [1.82, 2.24) is 0 Å². The molecule has 0 aliphatic carbocycles. The number of hydrogen-bond acceptors (Lipinski definition) is 4. The first-order valence-corrected chi connectivity index (χ1v) is 5.34. The molecule has 0 bridgehead atoms. The Balaban J connectivity index is 2.27. The molecular formula is C11H12N2O4. The maximum absolute atomic E-state index is 11.5. The summed E-state index contributed by atoms with van der Waals surface area (Å²) in [7, 11) is 0. The summed E-state index contributed by atoms with van der Waals surface area (Å²) in [6.45, 7) is 2.33. The SMILES string of the molecule is CC[C@H]1COC(=O)N1c1ccc([N+](=O)[O-])cc1. The number of ether oxygens (including phenoxy) is 1. The van der Waals surface area contributed by atoms with E-state index in [-0.39, 0.29) is 11.7 Å². The lowest BCUT2D eigenvalue weighted by molar-refractivity contribution is -0.384. The van der Waals surface area contributed by atoms with Crippen LogP contribution in [0.3, 0.4) is 0 Å². The maximum Gasteiger partial charge on any atom is 0.414 e. The van der Waals surface area contributed by atoms with Crippen LogP contribution < -0.4 is 4.90 Å². The highest BCUT2D eigenvalue weighted by Crippen LogP contribution is 2.26. The van der Waals surface area contributed by atoms with E-state index in [9.17, 15) is 14.9 Å². The summed E-state index contributed by atoms with van der Waals surface area (Å²) in [5.41, 5.74) is 0.638. The summed E-state index contributed by atoms with van der Waals surface area (Å²) < 4.78 is 4.95. The summed E-state index contributed by atoms with van der Waals surface area (Å²) in [5, 5.41) is 10.5. The van der Waals surface area contributed by atoms with E-state index in [1.165, 1.54) is 17.0 Å². The highest BCUT2D eigenvalue weighted by Gasteiger charge is 2.32. The van der Waals surface area contributed by atoms with Crippen molar-refractivity contribution >= 4 is 17.5 Å². The molecule has 6 nitrogen and oxygen atoms in total. The number of non-ortho nitro benzene ring substituents is 1. The standard InChI is InChI=1S/C11H12N2O4/c1-2-8-7-17-11(14)12(8)9-3-5-10(6-4-9)13(15)16/h3-6,8H,2,7H2,1H3/t8-/m0/s1. The zero-order valence-electron chi connectivity index (χ0n) is 9.33. The molecule has 1 amide bonds. The summed E-state index contributed by atoms with van der Waals surface area (Å²) in [4.78, 5) is 23.1. The number of rotatable bonds is 3. The van der Waals surface area contributed by atoms with Gasteiger partial charge in [-0.1, -0.05) is 6.92 Å². The van der Waals surface area contributed by atoms with E-state index in [0.29, 0.717) is 12.3 Å². The average molecular weight is 236 g/mol. The van der Waals surface area contributed by atoms with Crippen LogP contribution in [-0.4, -0.2) is 23.7 Å². The van der Waals surface area contributed by atoms with Crippen LogP contribution in [0.5, 0.6) is 0 Å². The minimum Gasteiger partial charge on any atom is -0.447 e. The smallest absolute Gasteiger partial charge is 0.414 e. The molecule has 0 unspecified atom stereocenters. The van der Waals surface area contributed by atoms with Gasteiger partial charge >= 0.3 is 6.09 Å². The summed E-state index contributed by atoms with van der Waals surface area (Å²) in [6.07, 6.45) is 0.383. The van der Waals surface area contributed by atoms with Gasteiger partial charge in [-0.25, -0.2) is 4.79 Å². The predicted octanol–water partition coefficient (Wildman–Crippen LogP) is 2.33. The summed E-state index contributed by atoms with van der Waals surface area (Å²) in [5.74, 6) is 0. The largest absolute Gasteiger partial charge is 0.447 e. The van der Waals surface area contributed by atoms with Crippen LogP contribution in [0.25, 0.3) is 0 Å². The second-order valence-electron chi connectivity index (χ2n) is 3.78. The summed E-state index contributed by atoms with van der Waals surface area (Å²) >= 11 is 0. The van der Waals surface area contributed by atoms with Gasteiger partial charge in [-0.05, 0) is 18.6 Å². The fraction of sp³-hybridized carbons (Fsp3) is 0.364. The number of amides is 1.